The molecule has 18 heavy (non-hydrogen) atoms. The van der Waals surface area contributed by atoms with Crippen molar-refractivity contribution in [2.24, 2.45) is 0 Å². The van der Waals surface area contributed by atoms with Gasteiger partial charge < -0.3 is 0 Å². The monoisotopic (exact) mass is 281 g/mol. The first-order chi connectivity index (χ1) is 8.24. The summed E-state index contributed by atoms with van der Waals surface area (Å²) in [5, 5.41) is 0. The Hall–Kier alpha value is -1.08. The van der Waals surface area contributed by atoms with E-state index in [-0.39, 0.29) is 12.3 Å². The van der Waals surface area contributed by atoms with Gasteiger partial charge in [-0.25, -0.2) is 8.42 Å². The Morgan fingerprint density at radius 1 is 1.17 bits per heavy atom. The molecule has 0 aliphatic rings. The van der Waals surface area contributed by atoms with Crippen LogP contribution < -0.4 is 0 Å². The third-order valence-corrected chi connectivity index (χ3v) is 4.09. The number of benzene rings is 1. The summed E-state index contributed by atoms with van der Waals surface area (Å²) >= 11 is 0. The van der Waals surface area contributed by atoms with E-state index in [0.717, 1.165) is 0 Å². The molecule has 7 heteroatoms. The van der Waals surface area contributed by atoms with E-state index in [4.69, 9.17) is 0 Å². The van der Waals surface area contributed by atoms with Crippen molar-refractivity contribution in [2.45, 2.75) is 19.6 Å². The average Bonchev–Trinajstić information content (AvgIpc) is 2.28. The number of hydrogen-bond donors (Lipinski definition) is 0. The Morgan fingerprint density at radius 2 is 1.72 bits per heavy atom. The van der Waals surface area contributed by atoms with Gasteiger partial charge in [-0.1, -0.05) is 30.3 Å². The van der Waals surface area contributed by atoms with Crippen LogP contribution in [0.25, 0.3) is 0 Å². The van der Waals surface area contributed by atoms with Crippen LogP contribution in [0.4, 0.5) is 13.2 Å². The Kier molecular flexibility index (Phi) is 4.75. The topological polar surface area (TPSA) is 37.4 Å². The lowest BCUT2D eigenvalue weighted by molar-refractivity contribution is -0.136. The van der Waals surface area contributed by atoms with Crippen LogP contribution in [0, 0.1) is 0 Å². The Balaban J connectivity index is 2.92. The molecule has 0 atom stereocenters. The lowest BCUT2D eigenvalue weighted by Crippen LogP contribution is -2.39. The van der Waals surface area contributed by atoms with Gasteiger partial charge in [0.15, 0.2) is 0 Å². The van der Waals surface area contributed by atoms with Gasteiger partial charge in [0.05, 0.1) is 5.75 Å². The van der Waals surface area contributed by atoms with Crippen molar-refractivity contribution in [3.63, 3.8) is 0 Å². The number of rotatable bonds is 5. The molecule has 0 bridgehead atoms. The molecule has 1 aromatic rings. The smallest absolute Gasteiger partial charge is 0.212 e. The van der Waals surface area contributed by atoms with Gasteiger partial charge in [-0.15, -0.1) is 0 Å². The van der Waals surface area contributed by atoms with E-state index >= 15 is 0 Å². The summed E-state index contributed by atoms with van der Waals surface area (Å²) in [7, 11) is -3.88. The van der Waals surface area contributed by atoms with Crippen LogP contribution in [0.1, 0.15) is 12.5 Å². The summed E-state index contributed by atoms with van der Waals surface area (Å²) in [4.78, 5) is 0. The summed E-state index contributed by atoms with van der Waals surface area (Å²) in [6, 6.07) is 8.20. The van der Waals surface area contributed by atoms with E-state index in [1.54, 1.807) is 30.3 Å². The highest BCUT2D eigenvalue weighted by Gasteiger charge is 2.35. The van der Waals surface area contributed by atoms with Crippen LogP contribution in [0.2, 0.25) is 0 Å². The molecule has 0 radical (unpaired) electrons. The molecule has 0 saturated heterocycles. The minimum atomic E-state index is -4.54. The average molecular weight is 281 g/mol. The minimum Gasteiger partial charge on any atom is -0.212 e. The molecule has 0 unspecified atom stereocenters. The molecule has 0 N–H and O–H groups in total. The fraction of sp³-hybridized carbons (Fsp3) is 0.455. The maximum absolute atomic E-state index is 12.4. The van der Waals surface area contributed by atoms with E-state index in [9.17, 15) is 21.6 Å². The number of sulfonamides is 1. The minimum absolute atomic E-state index is 0.267. The highest BCUT2D eigenvalue weighted by atomic mass is 32.2. The summed E-state index contributed by atoms with van der Waals surface area (Å²) in [6.07, 6.45) is -4.54. The summed E-state index contributed by atoms with van der Waals surface area (Å²) in [5.41, 5.74) is 0.527. The van der Waals surface area contributed by atoms with Crippen molar-refractivity contribution in [2.75, 3.05) is 12.3 Å². The molecule has 0 spiro atoms. The summed E-state index contributed by atoms with van der Waals surface area (Å²) in [5.74, 6) is -0.351. The lowest BCUT2D eigenvalue weighted by atomic mass is 10.2. The molecule has 1 rings (SSSR count). The fourth-order valence-corrected chi connectivity index (χ4v) is 2.48. The SMILES string of the molecule is CCS(=O)(=O)N(Cc1ccccc1)CC(F)(F)F. The maximum atomic E-state index is 12.4. The summed E-state index contributed by atoms with van der Waals surface area (Å²) in [6.45, 7) is -0.404. The van der Waals surface area contributed by atoms with Crippen molar-refractivity contribution in [1.29, 1.82) is 0 Å². The standard InChI is InChI=1S/C11H14F3NO2S/c1-2-18(16,17)15(9-11(12,13)14)8-10-6-4-3-5-7-10/h3-7H,2,8-9H2,1H3. The van der Waals surface area contributed by atoms with Crippen molar-refractivity contribution >= 4 is 10.0 Å². The van der Waals surface area contributed by atoms with E-state index in [2.05, 4.69) is 0 Å². The van der Waals surface area contributed by atoms with Gasteiger partial charge >= 0.3 is 6.18 Å². The van der Waals surface area contributed by atoms with Gasteiger partial charge in [0.2, 0.25) is 10.0 Å². The van der Waals surface area contributed by atoms with Crippen molar-refractivity contribution in [1.82, 2.24) is 4.31 Å². The second kappa shape index (κ2) is 5.71. The van der Waals surface area contributed by atoms with Crippen LogP contribution in [0.15, 0.2) is 30.3 Å². The van der Waals surface area contributed by atoms with Gasteiger partial charge in [0.25, 0.3) is 0 Å². The second-order valence-corrected chi connectivity index (χ2v) is 6.03. The highest BCUT2D eigenvalue weighted by Crippen LogP contribution is 2.20. The van der Waals surface area contributed by atoms with Gasteiger partial charge in [0, 0.05) is 6.54 Å². The first-order valence-corrected chi connectivity index (χ1v) is 6.94. The van der Waals surface area contributed by atoms with Gasteiger partial charge in [0.1, 0.15) is 6.54 Å². The predicted octanol–water partition coefficient (Wildman–Crippen LogP) is 2.40. The molecule has 0 aliphatic heterocycles. The molecule has 0 saturated carbocycles. The normalized spacial score (nSPS) is 12.9. The Labute approximate surface area is 104 Å². The van der Waals surface area contributed by atoms with Crippen LogP contribution in [0.3, 0.4) is 0 Å². The van der Waals surface area contributed by atoms with E-state index in [0.29, 0.717) is 9.87 Å². The van der Waals surface area contributed by atoms with Gasteiger partial charge in [-0.3, -0.25) is 0 Å². The molecular weight excluding hydrogens is 267 g/mol. The zero-order chi connectivity index (χ0) is 13.8. The molecule has 0 amide bonds. The van der Waals surface area contributed by atoms with Crippen LogP contribution in [-0.2, 0) is 16.6 Å². The van der Waals surface area contributed by atoms with Gasteiger partial charge in [-0.05, 0) is 12.5 Å². The first kappa shape index (κ1) is 15.0. The Bertz CT molecular complexity index is 471. The number of halogens is 3. The molecular formula is C11H14F3NO2S. The predicted molar refractivity (Wildman–Crippen MR) is 62.4 cm³/mol. The quantitative estimate of drug-likeness (QED) is 0.831. The van der Waals surface area contributed by atoms with E-state index in [1.165, 1.54) is 6.92 Å². The van der Waals surface area contributed by atoms with Gasteiger partial charge in [-0.2, -0.15) is 17.5 Å². The number of hydrogen-bond acceptors (Lipinski definition) is 2. The molecule has 0 aliphatic carbocycles. The van der Waals surface area contributed by atoms with E-state index in [1.807, 2.05) is 0 Å². The van der Waals surface area contributed by atoms with Crippen LogP contribution in [-0.4, -0.2) is 31.2 Å². The second-order valence-electron chi connectivity index (χ2n) is 3.77. The molecule has 102 valence electrons. The number of nitrogens with zero attached hydrogens (tertiary/aromatic N) is 1. The van der Waals surface area contributed by atoms with Crippen molar-refractivity contribution in [3.05, 3.63) is 35.9 Å². The zero-order valence-corrected chi connectivity index (χ0v) is 10.6. The van der Waals surface area contributed by atoms with Crippen LogP contribution in [0.5, 0.6) is 0 Å². The zero-order valence-electron chi connectivity index (χ0n) is 9.81. The molecule has 3 nitrogen and oxygen atoms in total. The van der Waals surface area contributed by atoms with Crippen LogP contribution >= 0.6 is 0 Å². The number of alkyl halides is 3. The van der Waals surface area contributed by atoms with Crippen molar-refractivity contribution in [3.8, 4) is 0 Å². The fourth-order valence-electron chi connectivity index (χ4n) is 1.42. The Morgan fingerprint density at radius 3 is 2.17 bits per heavy atom. The molecule has 0 heterocycles. The third kappa shape index (κ3) is 4.66. The molecule has 1 aromatic carbocycles. The maximum Gasteiger partial charge on any atom is 0.402 e. The first-order valence-electron chi connectivity index (χ1n) is 5.33. The highest BCUT2D eigenvalue weighted by molar-refractivity contribution is 7.89. The van der Waals surface area contributed by atoms with E-state index < -0.39 is 22.7 Å². The molecule has 0 fully saturated rings. The third-order valence-electron chi connectivity index (χ3n) is 2.32. The molecule has 0 aromatic heterocycles. The summed E-state index contributed by atoms with van der Waals surface area (Å²) < 4.78 is 60.8. The largest absolute Gasteiger partial charge is 0.402 e. The van der Waals surface area contributed by atoms with Crippen molar-refractivity contribution < 1.29 is 21.6 Å². The lowest BCUT2D eigenvalue weighted by Gasteiger charge is -2.22.